The number of nitrogens with one attached hydrogen (secondary N) is 1. The number of hydrogen-bond acceptors (Lipinski definition) is 8. The van der Waals surface area contributed by atoms with Gasteiger partial charge in [-0.15, -0.1) is 0 Å². The molecule has 4 saturated heterocycles. The highest BCUT2D eigenvalue weighted by Crippen LogP contribution is 2.48. The van der Waals surface area contributed by atoms with Crippen LogP contribution in [0.4, 0.5) is 11.5 Å². The van der Waals surface area contributed by atoms with E-state index in [0.717, 1.165) is 75.5 Å². The number of nitrogens with zero attached hydrogens (tertiary/aromatic N) is 6. The van der Waals surface area contributed by atoms with Gasteiger partial charge in [-0.25, -0.2) is 0 Å². The second-order valence-corrected chi connectivity index (χ2v) is 14.8. The SMILES string of the molecule is C=CC(=O)N1CCC(n2nc(N3CC[C@@H](CN4CCN5C(=O)COC[C@@H]5C4)CC3(C)C)c(-c3c(Cl)c(Cl)cc(N)c3C=N)c2C)CC1. The molecule has 1 aromatic carbocycles. The number of carbonyl (C=O) groups is 2. The van der Waals surface area contributed by atoms with E-state index >= 15 is 0 Å². The number of halogens is 2. The highest BCUT2D eigenvalue weighted by molar-refractivity contribution is 6.44. The number of benzene rings is 1. The van der Waals surface area contributed by atoms with Crippen molar-refractivity contribution in [1.82, 2.24) is 24.5 Å². The normalized spacial score (nSPS) is 23.9. The smallest absolute Gasteiger partial charge is 0.248 e. The summed E-state index contributed by atoms with van der Waals surface area (Å²) in [7, 11) is 0. The molecule has 4 aliphatic heterocycles. The number of aromatic nitrogens is 2. The molecule has 0 radical (unpaired) electrons. The van der Waals surface area contributed by atoms with E-state index < -0.39 is 0 Å². The van der Waals surface area contributed by atoms with Crippen molar-refractivity contribution in [3.63, 3.8) is 0 Å². The first kappa shape index (κ1) is 33.8. The van der Waals surface area contributed by atoms with Crippen molar-refractivity contribution in [2.24, 2.45) is 5.92 Å². The first-order chi connectivity index (χ1) is 22.4. The minimum atomic E-state index is -0.240. The number of anilines is 2. The summed E-state index contributed by atoms with van der Waals surface area (Å²) in [5.41, 5.74) is 9.49. The van der Waals surface area contributed by atoms with Crippen LogP contribution < -0.4 is 10.6 Å². The molecular formula is C34H46Cl2N8O3. The van der Waals surface area contributed by atoms with Crippen molar-refractivity contribution >= 4 is 52.7 Å². The molecule has 1 aromatic heterocycles. The molecule has 0 bridgehead atoms. The van der Waals surface area contributed by atoms with Crippen LogP contribution >= 0.6 is 23.2 Å². The zero-order chi connectivity index (χ0) is 33.6. The number of morpholine rings is 1. The lowest BCUT2D eigenvalue weighted by Crippen LogP contribution is -2.61. The van der Waals surface area contributed by atoms with Gasteiger partial charge in [0.1, 0.15) is 6.61 Å². The van der Waals surface area contributed by atoms with Gasteiger partial charge in [-0.2, -0.15) is 5.10 Å². The lowest BCUT2D eigenvalue weighted by atomic mass is 9.81. The van der Waals surface area contributed by atoms with Crippen LogP contribution in [0.5, 0.6) is 0 Å². The Morgan fingerprint density at radius 3 is 2.57 bits per heavy atom. The van der Waals surface area contributed by atoms with E-state index in [1.807, 2.05) is 16.7 Å². The summed E-state index contributed by atoms with van der Waals surface area (Å²) < 4.78 is 7.65. The number of amides is 2. The molecule has 6 rings (SSSR count). The molecule has 0 unspecified atom stereocenters. The Hall–Kier alpha value is -3.12. The summed E-state index contributed by atoms with van der Waals surface area (Å²) in [5, 5.41) is 14.3. The third-order valence-electron chi connectivity index (χ3n) is 10.6. The molecule has 254 valence electrons. The Morgan fingerprint density at radius 1 is 1.15 bits per heavy atom. The van der Waals surface area contributed by atoms with Crippen molar-refractivity contribution in [3.05, 3.63) is 40.0 Å². The first-order valence-electron chi connectivity index (χ1n) is 16.6. The average Bonchev–Trinajstić information content (AvgIpc) is 3.37. The highest BCUT2D eigenvalue weighted by atomic mass is 35.5. The van der Waals surface area contributed by atoms with Crippen molar-refractivity contribution < 1.29 is 14.3 Å². The van der Waals surface area contributed by atoms with Crippen LogP contribution in [0, 0.1) is 18.3 Å². The molecule has 4 fully saturated rings. The fourth-order valence-electron chi connectivity index (χ4n) is 8.23. The Bertz CT molecular complexity index is 1570. The van der Waals surface area contributed by atoms with E-state index in [1.165, 1.54) is 12.3 Å². The molecule has 2 amide bonds. The quantitative estimate of drug-likeness (QED) is 0.248. The van der Waals surface area contributed by atoms with E-state index in [2.05, 4.69) is 34.9 Å². The van der Waals surface area contributed by atoms with Crippen LogP contribution in [0.2, 0.25) is 10.0 Å². The second kappa shape index (κ2) is 13.4. The average molecular weight is 686 g/mol. The van der Waals surface area contributed by atoms with E-state index in [0.29, 0.717) is 52.5 Å². The van der Waals surface area contributed by atoms with Gasteiger partial charge in [-0.3, -0.25) is 19.2 Å². The molecule has 0 spiro atoms. The molecule has 13 heteroatoms. The van der Waals surface area contributed by atoms with Crippen LogP contribution in [0.25, 0.3) is 11.1 Å². The topological polar surface area (TPSA) is 124 Å². The number of nitrogen functional groups attached to an aromatic ring is 1. The predicted octanol–water partition coefficient (Wildman–Crippen LogP) is 4.63. The van der Waals surface area contributed by atoms with Crippen LogP contribution in [-0.4, -0.2) is 113 Å². The number of hydrogen-bond donors (Lipinski definition) is 2. The molecule has 4 aliphatic rings. The summed E-state index contributed by atoms with van der Waals surface area (Å²) in [6.45, 7) is 16.6. The molecule has 5 heterocycles. The summed E-state index contributed by atoms with van der Waals surface area (Å²) in [6, 6.07) is 1.82. The molecule has 0 aliphatic carbocycles. The summed E-state index contributed by atoms with van der Waals surface area (Å²) in [6.07, 6.45) is 6.09. The maximum absolute atomic E-state index is 12.3. The van der Waals surface area contributed by atoms with Gasteiger partial charge in [0.25, 0.3) is 0 Å². The van der Waals surface area contributed by atoms with E-state index in [4.69, 9.17) is 44.2 Å². The van der Waals surface area contributed by atoms with Crippen LogP contribution in [0.3, 0.4) is 0 Å². The van der Waals surface area contributed by atoms with Gasteiger partial charge < -0.3 is 30.6 Å². The van der Waals surface area contributed by atoms with Gasteiger partial charge in [0, 0.05) is 85.6 Å². The van der Waals surface area contributed by atoms with Gasteiger partial charge in [0.2, 0.25) is 11.8 Å². The van der Waals surface area contributed by atoms with Crippen LogP contribution in [-0.2, 0) is 14.3 Å². The monoisotopic (exact) mass is 684 g/mol. The number of rotatable bonds is 7. The summed E-state index contributed by atoms with van der Waals surface area (Å²) >= 11 is 13.6. The fraction of sp³-hybridized carbons (Fsp3) is 0.588. The van der Waals surface area contributed by atoms with Crippen molar-refractivity contribution in [2.75, 3.05) is 69.7 Å². The number of fused-ring (bicyclic) bond motifs is 1. The van der Waals surface area contributed by atoms with Gasteiger partial charge in [0.15, 0.2) is 5.82 Å². The number of ether oxygens (including phenoxy) is 1. The van der Waals surface area contributed by atoms with E-state index in [1.54, 1.807) is 6.07 Å². The van der Waals surface area contributed by atoms with Crippen LogP contribution in [0.1, 0.15) is 56.8 Å². The number of likely N-dealkylation sites (tertiary alicyclic amines) is 1. The van der Waals surface area contributed by atoms with Gasteiger partial charge >= 0.3 is 0 Å². The van der Waals surface area contributed by atoms with E-state index in [-0.39, 0.29) is 36.0 Å². The third kappa shape index (κ3) is 6.39. The van der Waals surface area contributed by atoms with E-state index in [9.17, 15) is 9.59 Å². The lowest BCUT2D eigenvalue weighted by Gasteiger charge is -2.49. The molecule has 2 aromatic rings. The Labute approximate surface area is 287 Å². The van der Waals surface area contributed by atoms with Crippen molar-refractivity contribution in [1.29, 1.82) is 5.41 Å². The zero-order valence-corrected chi connectivity index (χ0v) is 29.1. The number of carbonyl (C=O) groups excluding carboxylic acids is 2. The summed E-state index contributed by atoms with van der Waals surface area (Å²) in [5.74, 6) is 1.35. The predicted molar refractivity (Wildman–Crippen MR) is 187 cm³/mol. The minimum absolute atomic E-state index is 0.0501. The molecular weight excluding hydrogens is 639 g/mol. The Morgan fingerprint density at radius 2 is 1.89 bits per heavy atom. The number of piperidine rings is 2. The molecule has 2 atom stereocenters. The molecule has 47 heavy (non-hydrogen) atoms. The molecule has 11 nitrogen and oxygen atoms in total. The lowest BCUT2D eigenvalue weighted by molar-refractivity contribution is -0.152. The number of nitrogens with two attached hydrogens (primary N) is 1. The molecule has 3 N–H and O–H groups in total. The minimum Gasteiger partial charge on any atom is -0.398 e. The van der Waals surface area contributed by atoms with Gasteiger partial charge in [-0.05, 0) is 64.5 Å². The summed E-state index contributed by atoms with van der Waals surface area (Å²) in [4.78, 5) is 33.3. The second-order valence-electron chi connectivity index (χ2n) is 14.0. The maximum atomic E-state index is 12.3. The third-order valence-corrected chi connectivity index (χ3v) is 11.4. The fourth-order valence-corrected chi connectivity index (χ4v) is 8.69. The van der Waals surface area contributed by atoms with Gasteiger partial charge in [-0.1, -0.05) is 29.8 Å². The Balaban J connectivity index is 1.31. The van der Waals surface area contributed by atoms with Gasteiger partial charge in [0.05, 0.1) is 28.7 Å². The largest absolute Gasteiger partial charge is 0.398 e. The van der Waals surface area contributed by atoms with Crippen molar-refractivity contribution in [3.8, 4) is 11.1 Å². The molecule has 0 saturated carbocycles. The highest BCUT2D eigenvalue weighted by Gasteiger charge is 2.41. The maximum Gasteiger partial charge on any atom is 0.248 e. The first-order valence-corrected chi connectivity index (χ1v) is 17.3. The number of piperazine rings is 1. The van der Waals surface area contributed by atoms with Crippen LogP contribution in [0.15, 0.2) is 18.7 Å². The van der Waals surface area contributed by atoms with Crippen molar-refractivity contribution in [2.45, 2.75) is 64.1 Å². The standard InChI is InChI=1S/C34H46Cl2N8O3/c1-5-28(45)41-9-7-23(8-10-41)44-21(2)30(31-25(16-37)27(38)14-26(35)32(31)36)33(39-44)43-11-6-22(15-34(43,3)4)17-40-12-13-42-24(18-40)19-47-20-29(42)46/h5,14,16,22-24,37H,1,6-13,15,17-20,38H2,2-4H3/t22-,24+/m1/s1. The Kier molecular flexibility index (Phi) is 9.64. The zero-order valence-electron chi connectivity index (χ0n) is 27.6.